The molecule has 0 spiro atoms. The van der Waals surface area contributed by atoms with Crippen LogP contribution in [0.1, 0.15) is 160 Å². The average molecular weight is 1960 g/mol. The molecular weight excluding hydrogens is 1820 g/mol. The van der Waals surface area contributed by atoms with Crippen LogP contribution in [-0.4, -0.2) is 265 Å². The molecule has 1 aliphatic heterocycles. The van der Waals surface area contributed by atoms with Gasteiger partial charge in [-0.3, -0.25) is 94.8 Å². The second kappa shape index (κ2) is 58.5. The molecule has 1 aliphatic rings. The minimum Gasteiger partial charge on any atom is -0.480 e. The van der Waals surface area contributed by atoms with E-state index in [1.165, 1.54) is 18.7 Å². The quantitative estimate of drug-likeness (QED) is 0.00998. The van der Waals surface area contributed by atoms with Gasteiger partial charge in [-0.1, -0.05) is 143 Å². The molecule has 0 saturated carbocycles. The predicted molar refractivity (Wildman–Crippen MR) is 531 cm³/mol. The largest absolute Gasteiger partial charge is 0.480 e. The Morgan fingerprint density at radius 2 is 0.702 bits per heavy atom. The van der Waals surface area contributed by atoms with E-state index in [0.717, 1.165) is 21.5 Å². The molecule has 15 atom stereocenters. The van der Waals surface area contributed by atoms with Crippen molar-refractivity contribution < 1.29 is 77.3 Å². The Morgan fingerprint density at radius 3 is 1.10 bits per heavy atom. The van der Waals surface area contributed by atoms with Gasteiger partial charge in [-0.05, 0) is 159 Å². The van der Waals surface area contributed by atoms with Crippen LogP contribution in [-0.2, 0) is 86.4 Å². The van der Waals surface area contributed by atoms with E-state index < -0.39 is 204 Å². The van der Waals surface area contributed by atoms with E-state index in [9.17, 15) is 43.8 Å². The third-order valence-corrected chi connectivity index (χ3v) is 23.4. The third kappa shape index (κ3) is 39.3. The fourth-order valence-corrected chi connectivity index (χ4v) is 15.7. The minimum absolute atomic E-state index is 0.00329. The van der Waals surface area contributed by atoms with Crippen LogP contribution < -0.4 is 136 Å². The van der Waals surface area contributed by atoms with Crippen molar-refractivity contribution in [2.24, 2.45) is 52.0 Å². The molecule has 1 unspecified atom stereocenters. The molecule has 6 rings (SSSR count). The second-order valence-corrected chi connectivity index (χ2v) is 35.2. The number of fused-ring (bicyclic) bond motifs is 3. The zero-order valence-corrected chi connectivity index (χ0v) is 80.4. The lowest BCUT2D eigenvalue weighted by Gasteiger charge is -2.39. The molecule has 141 heavy (non-hydrogen) atoms. The van der Waals surface area contributed by atoms with Crippen LogP contribution in [0.5, 0.6) is 0 Å². The summed E-state index contributed by atoms with van der Waals surface area (Å²) in [6, 6.07) is 11.2. The summed E-state index contributed by atoms with van der Waals surface area (Å²) in [5.41, 5.74) is 41.2. The summed E-state index contributed by atoms with van der Waals surface area (Å²) in [5.74, 6) is -16.6. The highest BCUT2D eigenvalue weighted by molar-refractivity contribution is 6.01. The number of aliphatic hydroxyl groups excluding tert-OH is 1. The number of nitrogens with two attached hydrogens (primary N) is 7. The van der Waals surface area contributed by atoms with Crippen molar-refractivity contribution in [1.29, 1.82) is 32.5 Å². The summed E-state index contributed by atoms with van der Waals surface area (Å²) >= 11 is 0. The SMILES string of the molecule is CC[C@H](C)[C@H](NC(=O)[C@H](CC(C)C)NC(=O)[C@H](CO)NC(=O)[C@H](CCCNC(=N)N)NC(=O)[C@H](C)N)C(=O)N[C@@H](Cc1ccc2ccccc2c1)C(=O)N[C@@H](CCCNC(=N)N)C(=O)N1CCc2ccccc2C1C(=O)N[C@@H](C)C(=O)N[C@@H](CCCNC(=N)N)C(=O)N[C@@H](CCCNC(=N)N)C(=O)N[C@@H](Cc1ccc2ccccc2c1)C(=O)N[C@@H](CCCNC(=N)N)C(=O)N[C@@H](CCCNC(=N)N)C(=O)O. The first kappa shape index (κ1) is 114. The van der Waals surface area contributed by atoms with Gasteiger partial charge < -0.3 is 151 Å². The average Bonchev–Trinajstić information content (AvgIpc) is 0.772. The first-order valence-electron chi connectivity index (χ1n) is 47.0. The minimum atomic E-state index is -1.69. The summed E-state index contributed by atoms with van der Waals surface area (Å²) in [6.07, 6.45) is -0.525. The van der Waals surface area contributed by atoms with E-state index >= 15 is 33.6 Å². The van der Waals surface area contributed by atoms with Crippen molar-refractivity contribution in [3.63, 3.8) is 0 Å². The van der Waals surface area contributed by atoms with Crippen molar-refractivity contribution in [2.75, 3.05) is 52.4 Å². The van der Waals surface area contributed by atoms with Crippen LogP contribution >= 0.6 is 0 Å². The molecule has 0 fully saturated rings. The first-order chi connectivity index (χ1) is 67.0. The fourth-order valence-electron chi connectivity index (χ4n) is 15.7. The number of carboxylic acid groups (broad SMARTS) is 1. The number of hydrogen-bond acceptors (Lipinski definition) is 22. The van der Waals surface area contributed by atoms with Crippen molar-refractivity contribution >= 4 is 140 Å². The van der Waals surface area contributed by atoms with Gasteiger partial charge in [-0.15, -0.1) is 0 Å². The lowest BCUT2D eigenvalue weighted by Crippen LogP contribution is -2.62. The van der Waals surface area contributed by atoms with Crippen molar-refractivity contribution in [3.8, 4) is 0 Å². The number of rotatable bonds is 59. The predicted octanol–water partition coefficient (Wildman–Crippen LogP) is -4.16. The molecule has 1 heterocycles. The van der Waals surface area contributed by atoms with Gasteiger partial charge in [-0.2, -0.15) is 0 Å². The number of carboxylic acids is 1. The van der Waals surface area contributed by atoms with Crippen LogP contribution in [0.3, 0.4) is 0 Å². The van der Waals surface area contributed by atoms with Gasteiger partial charge >= 0.3 is 5.97 Å². The molecule has 40 N–H and O–H groups in total. The highest BCUT2D eigenvalue weighted by Crippen LogP contribution is 2.32. The number of benzene rings is 5. The molecule has 0 radical (unpaired) electrons. The molecule has 770 valence electrons. The zero-order chi connectivity index (χ0) is 104. The monoisotopic (exact) mass is 1960 g/mol. The second-order valence-electron chi connectivity index (χ2n) is 35.2. The Bertz CT molecular complexity index is 5200. The van der Waals surface area contributed by atoms with E-state index in [2.05, 4.69) is 95.7 Å². The number of aliphatic carboxylic acids is 1. The normalized spacial score (nSPS) is 15.0. The molecule has 0 aromatic heterocycles. The summed E-state index contributed by atoms with van der Waals surface area (Å²) < 4.78 is 0. The maximum atomic E-state index is 15.9. The number of hydrogen-bond donors (Lipinski definition) is 33. The van der Waals surface area contributed by atoms with Crippen LogP contribution in [0.15, 0.2) is 109 Å². The maximum Gasteiger partial charge on any atom is 0.326 e. The smallest absolute Gasteiger partial charge is 0.326 e. The Morgan fingerprint density at radius 1 is 0.376 bits per heavy atom. The standard InChI is InChI=1S/C93H142N32O16/c1-7-51(4)72(124-82(135)68(44-50(2)3)120-83(136)71(49-126)123-79(132)62(114-74(127)52(5)94)26-14-37-107-88(95)96)84(137)122-70(48-55-33-35-57-21-9-11-24-60(57)46-55)81(134)118-66(30-18-41-111-92(103)104)86(139)125-43-36-58-22-12-13-25-61(58)73(125)85(138)113-53(6)75(128)115-63(27-15-38-108-89(97)98)76(129)116-65(29-17-40-110-91(101)102)78(131)121-69(47-54-32-34-56-20-8-10-23-59(56)45-54)80(133)117-64(28-16-39-109-90(99)100)77(130)119-67(87(140)141)31-19-42-112-93(105)106/h8-13,20-25,32-35,45-46,50-53,62-73,126H,7,14-19,26-31,36-44,47-49,94H2,1-6H3,(H,113,138)(H,114,127)(H,115,128)(H,116,129)(H,117,133)(H,118,134)(H,119,130)(H,120,136)(H,121,131)(H,122,137)(H,123,132)(H,124,135)(H,140,141)(H4,95,96,107)(H4,97,98,108)(H4,99,100,109)(H4,101,102,110)(H4,103,104,111)(H4,105,106,112)/t51-,52-,53-,62-,63-,64-,65-,66-,67-,68-,69-,70-,71-,72-,73?/m0/s1. The van der Waals surface area contributed by atoms with Gasteiger partial charge in [0.15, 0.2) is 35.8 Å². The number of nitrogens with one attached hydrogen (secondary N) is 24. The Balaban J connectivity index is 1.32. The molecule has 5 aromatic rings. The summed E-state index contributed by atoms with van der Waals surface area (Å²) in [7, 11) is 0. The van der Waals surface area contributed by atoms with Gasteiger partial charge in [0, 0.05) is 58.7 Å². The van der Waals surface area contributed by atoms with Gasteiger partial charge in [0.2, 0.25) is 76.8 Å². The number of amides is 13. The summed E-state index contributed by atoms with van der Waals surface area (Å²) in [6.45, 7) is 8.70. The van der Waals surface area contributed by atoms with E-state index in [-0.39, 0.29) is 173 Å². The molecular formula is C93H142N32O16. The fraction of sp³-hybridized carbons (Fsp3) is 0.505. The number of carbonyl (C=O) groups excluding carboxylic acids is 13. The number of carbonyl (C=O) groups is 14. The molecule has 0 aliphatic carbocycles. The molecule has 48 nitrogen and oxygen atoms in total. The lowest BCUT2D eigenvalue weighted by atomic mass is 9.90. The van der Waals surface area contributed by atoms with E-state index in [4.69, 9.17) is 72.6 Å². The molecule has 13 amide bonds. The van der Waals surface area contributed by atoms with Gasteiger partial charge in [0.25, 0.3) is 0 Å². The van der Waals surface area contributed by atoms with Crippen molar-refractivity contribution in [1.82, 2.24) is 101 Å². The number of guanidine groups is 6. The number of nitrogens with zero attached hydrogens (tertiary/aromatic N) is 1. The molecule has 5 aromatic carbocycles. The van der Waals surface area contributed by atoms with Gasteiger partial charge in [-0.25, -0.2) is 4.79 Å². The van der Waals surface area contributed by atoms with Crippen molar-refractivity contribution in [2.45, 2.75) is 235 Å². The van der Waals surface area contributed by atoms with E-state index in [0.29, 0.717) is 22.3 Å². The molecule has 48 heteroatoms. The van der Waals surface area contributed by atoms with Crippen LogP contribution in [0.2, 0.25) is 0 Å². The third-order valence-electron chi connectivity index (χ3n) is 23.4. The van der Waals surface area contributed by atoms with Crippen LogP contribution in [0.25, 0.3) is 21.5 Å². The van der Waals surface area contributed by atoms with E-state index in [1.807, 2.05) is 54.6 Å². The van der Waals surface area contributed by atoms with Gasteiger partial charge in [0.05, 0.1) is 12.6 Å². The zero-order valence-electron chi connectivity index (χ0n) is 80.4. The Labute approximate surface area is 817 Å². The molecule has 0 saturated heterocycles. The maximum absolute atomic E-state index is 15.9. The summed E-state index contributed by atoms with van der Waals surface area (Å²) in [5, 5.41) is 118. The Hall–Kier alpha value is -15.3. The summed E-state index contributed by atoms with van der Waals surface area (Å²) in [4.78, 5) is 206. The number of aliphatic hydroxyl groups is 1. The highest BCUT2D eigenvalue weighted by atomic mass is 16.4. The topological polar surface area (TPSA) is 824 Å². The highest BCUT2D eigenvalue weighted by Gasteiger charge is 2.43. The van der Waals surface area contributed by atoms with Crippen LogP contribution in [0.4, 0.5) is 0 Å². The Kier molecular flexibility index (Phi) is 47.5. The van der Waals surface area contributed by atoms with Crippen molar-refractivity contribution in [3.05, 3.63) is 131 Å². The lowest BCUT2D eigenvalue weighted by molar-refractivity contribution is -0.145. The van der Waals surface area contributed by atoms with Crippen LogP contribution in [0, 0.1) is 44.3 Å². The molecule has 0 bridgehead atoms. The van der Waals surface area contributed by atoms with Gasteiger partial charge in [0.1, 0.15) is 78.5 Å². The first-order valence-corrected chi connectivity index (χ1v) is 47.0. The van der Waals surface area contributed by atoms with E-state index in [1.54, 1.807) is 82.3 Å².